The number of nitrogens with zero attached hydrogens (tertiary/aromatic N) is 1. The summed E-state index contributed by atoms with van der Waals surface area (Å²) in [4.78, 5) is 25.0. The van der Waals surface area contributed by atoms with Crippen LogP contribution in [0.2, 0.25) is 0 Å². The Labute approximate surface area is 122 Å². The molecule has 0 aliphatic carbocycles. The molecular formula is C13H19NO3S2. The van der Waals surface area contributed by atoms with Crippen molar-refractivity contribution < 1.29 is 14.3 Å². The lowest BCUT2D eigenvalue weighted by Gasteiger charge is -2.21. The van der Waals surface area contributed by atoms with Crippen LogP contribution >= 0.6 is 23.5 Å². The minimum Gasteiger partial charge on any atom is -0.447 e. The maximum absolute atomic E-state index is 12.1. The van der Waals surface area contributed by atoms with Crippen LogP contribution in [0.5, 0.6) is 0 Å². The van der Waals surface area contributed by atoms with E-state index in [-0.39, 0.29) is 17.9 Å². The van der Waals surface area contributed by atoms with Crippen LogP contribution in [0.1, 0.15) is 20.3 Å². The van der Waals surface area contributed by atoms with Gasteiger partial charge < -0.3 is 4.74 Å². The predicted molar refractivity (Wildman–Crippen MR) is 79.3 cm³/mol. The molecule has 106 valence electrons. The lowest BCUT2D eigenvalue weighted by molar-refractivity contribution is -0.124. The number of carbonyl (C=O) groups excluding carboxylic acids is 2. The maximum atomic E-state index is 12.1. The van der Waals surface area contributed by atoms with Crippen LogP contribution in [-0.2, 0) is 9.53 Å². The van der Waals surface area contributed by atoms with Crippen molar-refractivity contribution >= 4 is 35.5 Å². The standard InChI is InChI=1S/C13H19NO3S2/c1-9(2)10-8-17-13(16)14(10)11(15)4-5-12-18-6-3-7-19-12/h4-5,9-10,12H,3,6-8H2,1-2H3/b5-4+/t10-/m1/s1. The lowest BCUT2D eigenvalue weighted by atomic mass is 10.0. The molecule has 2 aliphatic rings. The van der Waals surface area contributed by atoms with Gasteiger partial charge in [0.2, 0.25) is 0 Å². The molecule has 19 heavy (non-hydrogen) atoms. The minimum absolute atomic E-state index is 0.142. The van der Waals surface area contributed by atoms with Crippen LogP contribution in [0.4, 0.5) is 4.79 Å². The van der Waals surface area contributed by atoms with Gasteiger partial charge in [0.05, 0.1) is 10.6 Å². The Balaban J connectivity index is 1.97. The Bertz CT molecular complexity index is 378. The van der Waals surface area contributed by atoms with E-state index < -0.39 is 6.09 Å². The van der Waals surface area contributed by atoms with E-state index in [1.54, 1.807) is 0 Å². The van der Waals surface area contributed by atoms with Gasteiger partial charge in [-0.2, -0.15) is 0 Å². The quantitative estimate of drug-likeness (QED) is 0.750. The predicted octanol–water partition coefficient (Wildman–Crippen LogP) is 2.74. The van der Waals surface area contributed by atoms with E-state index in [0.29, 0.717) is 11.2 Å². The van der Waals surface area contributed by atoms with Gasteiger partial charge >= 0.3 is 6.09 Å². The summed E-state index contributed by atoms with van der Waals surface area (Å²) >= 11 is 3.69. The highest BCUT2D eigenvalue weighted by molar-refractivity contribution is 8.17. The normalized spacial score (nSPS) is 25.3. The third-order valence-electron chi connectivity index (χ3n) is 3.16. The molecule has 4 nitrogen and oxygen atoms in total. The van der Waals surface area contributed by atoms with E-state index in [2.05, 4.69) is 0 Å². The van der Waals surface area contributed by atoms with Crippen molar-refractivity contribution in [1.82, 2.24) is 4.90 Å². The number of rotatable bonds is 3. The van der Waals surface area contributed by atoms with Crippen LogP contribution in [0.25, 0.3) is 0 Å². The second-order valence-corrected chi connectivity index (χ2v) is 7.72. The van der Waals surface area contributed by atoms with E-state index in [1.807, 2.05) is 43.4 Å². The summed E-state index contributed by atoms with van der Waals surface area (Å²) in [6.45, 7) is 4.29. The lowest BCUT2D eigenvalue weighted by Crippen LogP contribution is -2.40. The van der Waals surface area contributed by atoms with Crippen molar-refractivity contribution in [3.05, 3.63) is 12.2 Å². The van der Waals surface area contributed by atoms with E-state index in [4.69, 9.17) is 4.74 Å². The van der Waals surface area contributed by atoms with Crippen molar-refractivity contribution in [2.24, 2.45) is 5.92 Å². The molecule has 6 heteroatoms. The molecule has 2 aliphatic heterocycles. The van der Waals surface area contributed by atoms with Crippen molar-refractivity contribution in [3.63, 3.8) is 0 Å². The number of amides is 2. The minimum atomic E-state index is -0.516. The first-order valence-corrected chi connectivity index (χ1v) is 8.60. The molecule has 0 radical (unpaired) electrons. The molecule has 2 rings (SSSR count). The van der Waals surface area contributed by atoms with Gasteiger partial charge in [-0.15, -0.1) is 23.5 Å². The fourth-order valence-electron chi connectivity index (χ4n) is 2.04. The summed E-state index contributed by atoms with van der Waals surface area (Å²) in [5.74, 6) is 2.22. The first kappa shape index (κ1) is 14.8. The second kappa shape index (κ2) is 6.70. The Morgan fingerprint density at radius 2 is 2.11 bits per heavy atom. The maximum Gasteiger partial charge on any atom is 0.417 e. The summed E-state index contributed by atoms with van der Waals surface area (Å²) in [6, 6.07) is -0.142. The van der Waals surface area contributed by atoms with Gasteiger partial charge in [0, 0.05) is 6.08 Å². The van der Waals surface area contributed by atoms with E-state index in [1.165, 1.54) is 17.4 Å². The second-order valence-electron chi connectivity index (χ2n) is 4.92. The van der Waals surface area contributed by atoms with Gasteiger partial charge in [0.1, 0.15) is 6.61 Å². The van der Waals surface area contributed by atoms with Gasteiger partial charge in [-0.25, -0.2) is 9.69 Å². The zero-order chi connectivity index (χ0) is 13.8. The topological polar surface area (TPSA) is 46.6 Å². The number of cyclic esters (lactones) is 1. The van der Waals surface area contributed by atoms with Gasteiger partial charge in [-0.1, -0.05) is 19.9 Å². The highest BCUT2D eigenvalue weighted by Crippen LogP contribution is 2.31. The Kier molecular flexibility index (Phi) is 5.21. The number of thioether (sulfide) groups is 2. The van der Waals surface area contributed by atoms with E-state index in [9.17, 15) is 9.59 Å². The van der Waals surface area contributed by atoms with Crippen molar-refractivity contribution in [2.75, 3.05) is 18.1 Å². The molecule has 2 fully saturated rings. The van der Waals surface area contributed by atoms with Gasteiger partial charge in [0.25, 0.3) is 5.91 Å². The molecular weight excluding hydrogens is 282 g/mol. The first-order valence-electron chi connectivity index (χ1n) is 6.51. The van der Waals surface area contributed by atoms with E-state index >= 15 is 0 Å². The summed E-state index contributed by atoms with van der Waals surface area (Å²) < 4.78 is 5.30. The highest BCUT2D eigenvalue weighted by atomic mass is 32.2. The van der Waals surface area contributed by atoms with E-state index in [0.717, 1.165) is 11.5 Å². The Hall–Kier alpha value is -0.620. The molecule has 2 heterocycles. The summed E-state index contributed by atoms with van der Waals surface area (Å²) in [6.07, 6.45) is 4.14. The fourth-order valence-corrected chi connectivity index (χ4v) is 4.65. The number of hydrogen-bond donors (Lipinski definition) is 0. The third-order valence-corrected chi connectivity index (χ3v) is 6.00. The average Bonchev–Trinajstić information content (AvgIpc) is 2.79. The first-order chi connectivity index (χ1) is 9.09. The van der Waals surface area contributed by atoms with Crippen LogP contribution in [0.15, 0.2) is 12.2 Å². The summed E-state index contributed by atoms with van der Waals surface area (Å²) in [7, 11) is 0. The molecule has 0 aromatic heterocycles. The molecule has 0 saturated carbocycles. The molecule has 2 saturated heterocycles. The number of hydrogen-bond acceptors (Lipinski definition) is 5. The largest absolute Gasteiger partial charge is 0.447 e. The van der Waals surface area contributed by atoms with Crippen LogP contribution < -0.4 is 0 Å². The molecule has 1 atom stereocenters. The number of ether oxygens (including phenoxy) is 1. The summed E-state index contributed by atoms with van der Waals surface area (Å²) in [5.41, 5.74) is 0. The van der Waals surface area contributed by atoms with Crippen molar-refractivity contribution in [1.29, 1.82) is 0 Å². The molecule has 0 aromatic rings. The Morgan fingerprint density at radius 1 is 1.42 bits per heavy atom. The zero-order valence-corrected chi connectivity index (χ0v) is 12.8. The molecule has 0 spiro atoms. The molecule has 0 aromatic carbocycles. The number of carbonyl (C=O) groups is 2. The van der Waals surface area contributed by atoms with Crippen LogP contribution in [-0.4, -0.2) is 45.6 Å². The highest BCUT2D eigenvalue weighted by Gasteiger charge is 2.38. The van der Waals surface area contributed by atoms with Crippen LogP contribution in [0.3, 0.4) is 0 Å². The SMILES string of the molecule is CC(C)[C@H]1COC(=O)N1C(=O)/C=C/C1SCCCS1. The van der Waals surface area contributed by atoms with Crippen molar-refractivity contribution in [2.45, 2.75) is 30.9 Å². The third kappa shape index (κ3) is 3.69. The van der Waals surface area contributed by atoms with Gasteiger partial charge in [-0.3, -0.25) is 4.79 Å². The fraction of sp³-hybridized carbons (Fsp3) is 0.692. The van der Waals surface area contributed by atoms with Gasteiger partial charge in [-0.05, 0) is 23.8 Å². The summed E-state index contributed by atoms with van der Waals surface area (Å²) in [5, 5.41) is 0. The molecule has 2 amide bonds. The van der Waals surface area contributed by atoms with Gasteiger partial charge in [0.15, 0.2) is 0 Å². The van der Waals surface area contributed by atoms with Crippen LogP contribution in [0, 0.1) is 5.92 Å². The number of imide groups is 1. The molecule has 0 N–H and O–H groups in total. The molecule has 0 bridgehead atoms. The average molecular weight is 301 g/mol. The van der Waals surface area contributed by atoms with Crippen molar-refractivity contribution in [3.8, 4) is 0 Å². The zero-order valence-electron chi connectivity index (χ0n) is 11.2. The molecule has 0 unspecified atom stereocenters. The smallest absolute Gasteiger partial charge is 0.417 e. The monoisotopic (exact) mass is 301 g/mol. The Morgan fingerprint density at radius 3 is 2.74 bits per heavy atom.